The number of amides is 1. The van der Waals surface area contributed by atoms with Gasteiger partial charge in [0.25, 0.3) is 5.91 Å². The van der Waals surface area contributed by atoms with Crippen molar-refractivity contribution < 1.29 is 4.79 Å². The number of aromatic nitrogens is 4. The fraction of sp³-hybridized carbons (Fsp3) is 0.133. The molecule has 0 unspecified atom stereocenters. The van der Waals surface area contributed by atoms with E-state index in [2.05, 4.69) is 31.4 Å². The molecule has 3 aromatic rings. The van der Waals surface area contributed by atoms with Crippen molar-refractivity contribution in [1.82, 2.24) is 19.6 Å². The first-order valence-electron chi connectivity index (χ1n) is 7.01. The van der Waals surface area contributed by atoms with Gasteiger partial charge in [-0.15, -0.1) is 0 Å². The fourth-order valence-electron chi connectivity index (χ4n) is 2.22. The molecule has 0 aliphatic heterocycles. The Labute approximate surface area is 166 Å². The molecular weight excluding hydrogens is 452 g/mol. The lowest BCUT2D eigenvalue weighted by Gasteiger charge is -2.05. The topological polar surface area (TPSA) is 64.7 Å². The number of nitrogens with zero attached hydrogens (tertiary/aromatic N) is 4. The predicted octanol–water partition coefficient (Wildman–Crippen LogP) is 4.64. The van der Waals surface area contributed by atoms with E-state index in [1.807, 2.05) is 6.07 Å². The van der Waals surface area contributed by atoms with Crippen LogP contribution in [0.15, 0.2) is 35.1 Å². The molecule has 0 saturated heterocycles. The van der Waals surface area contributed by atoms with Gasteiger partial charge in [-0.2, -0.15) is 10.2 Å². The van der Waals surface area contributed by atoms with Crippen LogP contribution in [0, 0.1) is 0 Å². The summed E-state index contributed by atoms with van der Waals surface area (Å²) in [6, 6.07) is 5.26. The number of carbonyl (C=O) groups excluding carboxylic acids is 1. The summed E-state index contributed by atoms with van der Waals surface area (Å²) in [6.07, 6.45) is 3.15. The minimum Gasteiger partial charge on any atom is -0.303 e. The van der Waals surface area contributed by atoms with Crippen molar-refractivity contribution in [3.05, 3.63) is 61.4 Å². The highest BCUT2D eigenvalue weighted by Crippen LogP contribution is 2.25. The first-order chi connectivity index (χ1) is 11.8. The van der Waals surface area contributed by atoms with Gasteiger partial charge in [-0.05, 0) is 33.6 Å². The number of aryl methyl sites for hydroxylation is 1. The van der Waals surface area contributed by atoms with Crippen LogP contribution < -0.4 is 5.32 Å². The molecule has 1 aromatic carbocycles. The van der Waals surface area contributed by atoms with E-state index < -0.39 is 5.91 Å². The van der Waals surface area contributed by atoms with E-state index in [0.29, 0.717) is 26.9 Å². The molecule has 0 aliphatic carbocycles. The van der Waals surface area contributed by atoms with Crippen LogP contribution in [0.5, 0.6) is 0 Å². The van der Waals surface area contributed by atoms with Crippen LogP contribution >= 0.6 is 50.7 Å². The highest BCUT2D eigenvalue weighted by atomic mass is 79.9. The number of nitrogens with one attached hydrogen (secondary N) is 1. The predicted molar refractivity (Wildman–Crippen MR) is 102 cm³/mol. The Kier molecular flexibility index (Phi) is 5.38. The highest BCUT2D eigenvalue weighted by molar-refractivity contribution is 9.10. The van der Waals surface area contributed by atoms with Gasteiger partial charge in [-0.1, -0.05) is 40.9 Å². The number of benzene rings is 1. The van der Waals surface area contributed by atoms with E-state index in [-0.39, 0.29) is 10.7 Å². The molecule has 0 saturated carbocycles. The lowest BCUT2D eigenvalue weighted by molar-refractivity contribution is 0.101. The Balaban J connectivity index is 1.79. The van der Waals surface area contributed by atoms with Gasteiger partial charge < -0.3 is 5.32 Å². The quantitative estimate of drug-likeness (QED) is 0.613. The summed E-state index contributed by atoms with van der Waals surface area (Å²) in [4.78, 5) is 12.4. The van der Waals surface area contributed by atoms with E-state index in [1.165, 1.54) is 10.9 Å². The Bertz CT molecular complexity index is 933. The second-order valence-electron chi connectivity index (χ2n) is 5.18. The van der Waals surface area contributed by atoms with Crippen LogP contribution in [0.4, 0.5) is 5.82 Å². The Morgan fingerprint density at radius 3 is 2.68 bits per heavy atom. The van der Waals surface area contributed by atoms with Gasteiger partial charge in [-0.3, -0.25) is 14.2 Å². The summed E-state index contributed by atoms with van der Waals surface area (Å²) in [5.74, 6) is -0.0344. The van der Waals surface area contributed by atoms with Crippen molar-refractivity contribution in [3.8, 4) is 0 Å². The average molecular weight is 464 g/mol. The standard InChI is InChI=1S/C15H11BrCl3N5O/c1-23-13(12(19)5-20-23)15(25)21-14-10(16)7-24(22-14)6-8-2-3-9(17)4-11(8)18/h2-5,7H,6H2,1H3,(H,21,22,25). The highest BCUT2D eigenvalue weighted by Gasteiger charge is 2.18. The van der Waals surface area contributed by atoms with Gasteiger partial charge >= 0.3 is 0 Å². The maximum Gasteiger partial charge on any atom is 0.276 e. The van der Waals surface area contributed by atoms with Gasteiger partial charge in [0, 0.05) is 23.3 Å². The summed E-state index contributed by atoms with van der Waals surface area (Å²) in [5.41, 5.74) is 1.11. The van der Waals surface area contributed by atoms with E-state index in [0.717, 1.165) is 5.56 Å². The zero-order chi connectivity index (χ0) is 18.1. The largest absolute Gasteiger partial charge is 0.303 e. The van der Waals surface area contributed by atoms with Gasteiger partial charge in [-0.25, -0.2) is 0 Å². The Morgan fingerprint density at radius 1 is 1.28 bits per heavy atom. The number of anilines is 1. The third-order valence-corrected chi connectivity index (χ3v) is 4.85. The average Bonchev–Trinajstić information content (AvgIpc) is 3.05. The summed E-state index contributed by atoms with van der Waals surface area (Å²) in [6.45, 7) is 0.428. The third-order valence-electron chi connectivity index (χ3n) is 3.41. The number of hydrogen-bond acceptors (Lipinski definition) is 3. The SMILES string of the molecule is Cn1ncc(Cl)c1C(=O)Nc1nn(Cc2ccc(Cl)cc2Cl)cc1Br. The maximum absolute atomic E-state index is 12.4. The number of rotatable bonds is 4. The van der Waals surface area contributed by atoms with Crippen LogP contribution in [0.25, 0.3) is 0 Å². The molecule has 2 aromatic heterocycles. The molecule has 0 aliphatic rings. The molecule has 25 heavy (non-hydrogen) atoms. The van der Waals surface area contributed by atoms with Crippen LogP contribution in [-0.2, 0) is 13.6 Å². The molecule has 0 spiro atoms. The molecule has 2 heterocycles. The molecule has 10 heteroatoms. The molecular formula is C15H11BrCl3N5O. The molecule has 6 nitrogen and oxygen atoms in total. The Hall–Kier alpha value is -1.54. The van der Waals surface area contributed by atoms with Gasteiger partial charge in [0.15, 0.2) is 5.82 Å². The van der Waals surface area contributed by atoms with Crippen molar-refractivity contribution >= 4 is 62.5 Å². The van der Waals surface area contributed by atoms with Crippen molar-refractivity contribution in [1.29, 1.82) is 0 Å². The van der Waals surface area contributed by atoms with Crippen LogP contribution in [0.2, 0.25) is 15.1 Å². The minimum atomic E-state index is -0.402. The van der Waals surface area contributed by atoms with Crippen molar-refractivity contribution in [2.45, 2.75) is 6.54 Å². The molecule has 0 atom stereocenters. The van der Waals surface area contributed by atoms with E-state index in [4.69, 9.17) is 34.8 Å². The zero-order valence-corrected chi connectivity index (χ0v) is 16.7. The van der Waals surface area contributed by atoms with E-state index in [9.17, 15) is 4.79 Å². The molecule has 130 valence electrons. The second kappa shape index (κ2) is 7.37. The first kappa shape index (κ1) is 18.3. The molecule has 0 fully saturated rings. The molecule has 1 N–H and O–H groups in total. The summed E-state index contributed by atoms with van der Waals surface area (Å²) in [5, 5.41) is 12.4. The zero-order valence-electron chi connectivity index (χ0n) is 12.8. The lowest BCUT2D eigenvalue weighted by atomic mass is 10.2. The van der Waals surface area contributed by atoms with E-state index >= 15 is 0 Å². The molecule has 3 rings (SSSR count). The third kappa shape index (κ3) is 4.00. The number of carbonyl (C=O) groups is 1. The summed E-state index contributed by atoms with van der Waals surface area (Å²) < 4.78 is 3.68. The number of halogens is 4. The van der Waals surface area contributed by atoms with Crippen LogP contribution in [-0.4, -0.2) is 25.5 Å². The second-order valence-corrected chi connectivity index (χ2v) is 7.28. The lowest BCUT2D eigenvalue weighted by Crippen LogP contribution is -2.17. The normalized spacial score (nSPS) is 10.9. The smallest absolute Gasteiger partial charge is 0.276 e. The van der Waals surface area contributed by atoms with Crippen molar-refractivity contribution in [2.75, 3.05) is 5.32 Å². The van der Waals surface area contributed by atoms with Gasteiger partial charge in [0.05, 0.1) is 22.2 Å². The monoisotopic (exact) mass is 461 g/mol. The first-order valence-corrected chi connectivity index (χ1v) is 8.93. The summed E-state index contributed by atoms with van der Waals surface area (Å²) >= 11 is 21.4. The summed E-state index contributed by atoms with van der Waals surface area (Å²) in [7, 11) is 1.64. The fourth-order valence-corrected chi connectivity index (χ4v) is 3.35. The van der Waals surface area contributed by atoms with Crippen LogP contribution in [0.3, 0.4) is 0 Å². The van der Waals surface area contributed by atoms with E-state index in [1.54, 1.807) is 30.1 Å². The minimum absolute atomic E-state index is 0.254. The van der Waals surface area contributed by atoms with Crippen LogP contribution in [0.1, 0.15) is 16.1 Å². The molecule has 0 radical (unpaired) electrons. The van der Waals surface area contributed by atoms with Gasteiger partial charge in [0.1, 0.15) is 5.69 Å². The van der Waals surface area contributed by atoms with Gasteiger partial charge in [0.2, 0.25) is 0 Å². The molecule has 0 bridgehead atoms. The van der Waals surface area contributed by atoms with Crippen molar-refractivity contribution in [2.24, 2.45) is 7.05 Å². The molecule has 1 amide bonds. The maximum atomic E-state index is 12.4. The van der Waals surface area contributed by atoms with Crippen molar-refractivity contribution in [3.63, 3.8) is 0 Å². The number of hydrogen-bond donors (Lipinski definition) is 1. The Morgan fingerprint density at radius 2 is 2.04 bits per heavy atom.